The SMILES string of the molecule is CC1CC(O)C(O)C2(C)C1CC(=O)C13COC4(C)C(OC(=O)C41)C(O)C32. The number of carbonyl (C=O) groups is 2. The third-order valence-corrected chi connectivity index (χ3v) is 8.66. The van der Waals surface area contributed by atoms with E-state index in [1.807, 2.05) is 13.8 Å². The lowest BCUT2D eigenvalue weighted by Gasteiger charge is -2.63. The van der Waals surface area contributed by atoms with Crippen molar-refractivity contribution in [2.24, 2.45) is 34.5 Å². The Hall–Kier alpha value is -1.02. The van der Waals surface area contributed by atoms with E-state index in [0.29, 0.717) is 6.42 Å². The highest BCUT2D eigenvalue weighted by atomic mass is 16.6. The van der Waals surface area contributed by atoms with E-state index in [4.69, 9.17) is 9.47 Å². The molecule has 2 saturated heterocycles. The summed E-state index contributed by atoms with van der Waals surface area (Å²) in [5.41, 5.74) is -3.11. The molecule has 5 rings (SSSR count). The molecular weight excluding hydrogens is 340 g/mol. The van der Waals surface area contributed by atoms with Crippen LogP contribution in [0.4, 0.5) is 0 Å². The molecule has 0 radical (unpaired) electrons. The Morgan fingerprint density at radius 2 is 1.85 bits per heavy atom. The fourth-order valence-corrected chi connectivity index (χ4v) is 7.60. The Morgan fingerprint density at radius 3 is 2.54 bits per heavy atom. The summed E-state index contributed by atoms with van der Waals surface area (Å²) in [7, 11) is 0. The number of hydrogen-bond acceptors (Lipinski definition) is 7. The lowest BCUT2D eigenvalue weighted by atomic mass is 9.39. The van der Waals surface area contributed by atoms with Crippen molar-refractivity contribution in [1.29, 1.82) is 0 Å². The number of fused-ring (bicyclic) bond motifs is 2. The van der Waals surface area contributed by atoms with E-state index in [1.54, 1.807) is 6.92 Å². The van der Waals surface area contributed by atoms with Crippen molar-refractivity contribution in [2.45, 2.75) is 63.6 Å². The Kier molecular flexibility index (Phi) is 3.08. The molecule has 26 heavy (non-hydrogen) atoms. The zero-order valence-electron chi connectivity index (χ0n) is 15.2. The molecule has 1 spiro atoms. The van der Waals surface area contributed by atoms with Gasteiger partial charge < -0.3 is 24.8 Å². The van der Waals surface area contributed by atoms with E-state index in [9.17, 15) is 24.9 Å². The highest BCUT2D eigenvalue weighted by Gasteiger charge is 2.83. The van der Waals surface area contributed by atoms with E-state index >= 15 is 0 Å². The number of Topliss-reactive ketones (excluding diaryl/α,β-unsaturated/α-hetero) is 1. The van der Waals surface area contributed by atoms with Crippen LogP contribution in [0.2, 0.25) is 0 Å². The van der Waals surface area contributed by atoms with Crippen molar-refractivity contribution in [3.05, 3.63) is 0 Å². The monoisotopic (exact) mass is 366 g/mol. The molecular formula is C19H26O7. The summed E-state index contributed by atoms with van der Waals surface area (Å²) in [5.74, 6) is -2.17. The predicted molar refractivity (Wildman–Crippen MR) is 86.7 cm³/mol. The second-order valence-electron chi connectivity index (χ2n) is 9.60. The van der Waals surface area contributed by atoms with E-state index < -0.39 is 58.7 Å². The van der Waals surface area contributed by atoms with Gasteiger partial charge in [-0.3, -0.25) is 9.59 Å². The highest BCUT2D eigenvalue weighted by molar-refractivity contribution is 5.95. The van der Waals surface area contributed by atoms with Crippen LogP contribution in [-0.4, -0.2) is 63.7 Å². The predicted octanol–water partition coefficient (Wildman–Crippen LogP) is -0.349. The van der Waals surface area contributed by atoms with E-state index in [-0.39, 0.29) is 30.6 Å². The summed E-state index contributed by atoms with van der Waals surface area (Å²) in [6.07, 6.45) is -3.33. The van der Waals surface area contributed by atoms with Gasteiger partial charge in [0.2, 0.25) is 0 Å². The Bertz CT molecular complexity index is 708. The number of aliphatic hydroxyl groups is 3. The zero-order valence-corrected chi connectivity index (χ0v) is 15.2. The number of hydrogen-bond donors (Lipinski definition) is 3. The van der Waals surface area contributed by atoms with Gasteiger partial charge in [-0.1, -0.05) is 13.8 Å². The highest BCUT2D eigenvalue weighted by Crippen LogP contribution is 2.71. The van der Waals surface area contributed by atoms with Crippen molar-refractivity contribution in [3.8, 4) is 0 Å². The van der Waals surface area contributed by atoms with Crippen molar-refractivity contribution in [3.63, 3.8) is 0 Å². The van der Waals surface area contributed by atoms with Gasteiger partial charge in [0, 0.05) is 17.8 Å². The van der Waals surface area contributed by atoms with Gasteiger partial charge in [-0.25, -0.2) is 0 Å². The average molecular weight is 366 g/mol. The van der Waals surface area contributed by atoms with Crippen LogP contribution in [0.25, 0.3) is 0 Å². The molecule has 3 saturated carbocycles. The van der Waals surface area contributed by atoms with Gasteiger partial charge in [0.25, 0.3) is 0 Å². The Morgan fingerprint density at radius 1 is 1.15 bits per heavy atom. The summed E-state index contributed by atoms with van der Waals surface area (Å²) in [4.78, 5) is 26.1. The molecule has 7 heteroatoms. The van der Waals surface area contributed by atoms with Gasteiger partial charge in [0.05, 0.1) is 30.3 Å². The molecule has 3 aliphatic carbocycles. The third kappa shape index (κ3) is 1.50. The summed E-state index contributed by atoms with van der Waals surface area (Å²) < 4.78 is 11.4. The first-order chi connectivity index (χ1) is 12.1. The van der Waals surface area contributed by atoms with Gasteiger partial charge in [0.1, 0.15) is 17.3 Å². The van der Waals surface area contributed by atoms with Crippen LogP contribution in [0.1, 0.15) is 33.6 Å². The van der Waals surface area contributed by atoms with Crippen LogP contribution in [-0.2, 0) is 19.1 Å². The lowest BCUT2D eigenvalue weighted by molar-refractivity contribution is -0.240. The molecule has 2 aliphatic heterocycles. The molecule has 5 fully saturated rings. The summed E-state index contributed by atoms with van der Waals surface area (Å²) >= 11 is 0. The zero-order chi connectivity index (χ0) is 18.8. The number of ketones is 1. The third-order valence-electron chi connectivity index (χ3n) is 8.66. The molecule has 0 aromatic carbocycles. The average Bonchev–Trinajstić information content (AvgIpc) is 2.94. The number of ether oxygens (including phenoxy) is 2. The molecule has 0 aromatic heterocycles. The first-order valence-corrected chi connectivity index (χ1v) is 9.52. The molecule has 0 amide bonds. The Balaban J connectivity index is 1.75. The van der Waals surface area contributed by atoms with Crippen LogP contribution in [0.5, 0.6) is 0 Å². The van der Waals surface area contributed by atoms with Gasteiger partial charge >= 0.3 is 5.97 Å². The van der Waals surface area contributed by atoms with Gasteiger partial charge in [-0.2, -0.15) is 0 Å². The van der Waals surface area contributed by atoms with Crippen molar-refractivity contribution in [1.82, 2.24) is 0 Å². The molecule has 2 heterocycles. The van der Waals surface area contributed by atoms with E-state index in [0.717, 1.165) is 0 Å². The summed E-state index contributed by atoms with van der Waals surface area (Å²) in [6, 6.07) is 0. The van der Waals surface area contributed by atoms with Gasteiger partial charge in [0.15, 0.2) is 6.10 Å². The quantitative estimate of drug-likeness (QED) is 0.502. The lowest BCUT2D eigenvalue weighted by Crippen LogP contribution is -2.73. The largest absolute Gasteiger partial charge is 0.456 e. The number of carbonyl (C=O) groups excluding carboxylic acids is 2. The van der Waals surface area contributed by atoms with Gasteiger partial charge in [-0.15, -0.1) is 0 Å². The molecule has 11 unspecified atom stereocenters. The van der Waals surface area contributed by atoms with Crippen molar-refractivity contribution in [2.75, 3.05) is 6.61 Å². The maximum atomic E-state index is 13.4. The standard InChI is InChI=1S/C19H26O7/c1-7-4-9(20)14(23)17(2)8(7)5-10(21)19-6-25-18(3)13(19)16(24)26-15(18)11(22)12(17)19/h7-9,11-15,20,22-23H,4-6H2,1-3H3. The Labute approximate surface area is 151 Å². The van der Waals surface area contributed by atoms with Crippen LogP contribution < -0.4 is 0 Å². The molecule has 3 N–H and O–H groups in total. The maximum absolute atomic E-state index is 13.4. The van der Waals surface area contributed by atoms with E-state index in [1.165, 1.54) is 0 Å². The van der Waals surface area contributed by atoms with Gasteiger partial charge in [-0.05, 0) is 25.2 Å². The summed E-state index contributed by atoms with van der Waals surface area (Å²) in [5, 5.41) is 32.7. The molecule has 5 aliphatic rings. The minimum absolute atomic E-state index is 0.0248. The first-order valence-electron chi connectivity index (χ1n) is 9.52. The minimum Gasteiger partial charge on any atom is -0.456 e. The number of rotatable bonds is 0. The van der Waals surface area contributed by atoms with Crippen LogP contribution in [0.15, 0.2) is 0 Å². The molecule has 4 bridgehead atoms. The fourth-order valence-electron chi connectivity index (χ4n) is 7.60. The summed E-state index contributed by atoms with van der Waals surface area (Å²) in [6.45, 7) is 5.62. The van der Waals surface area contributed by atoms with Crippen LogP contribution in [0.3, 0.4) is 0 Å². The smallest absolute Gasteiger partial charge is 0.313 e. The minimum atomic E-state index is -1.19. The van der Waals surface area contributed by atoms with Crippen LogP contribution in [0, 0.1) is 34.5 Å². The van der Waals surface area contributed by atoms with Crippen molar-refractivity contribution < 1.29 is 34.4 Å². The second-order valence-corrected chi connectivity index (χ2v) is 9.60. The van der Waals surface area contributed by atoms with Crippen molar-refractivity contribution >= 4 is 11.8 Å². The normalized spacial score (nSPS) is 63.3. The topological polar surface area (TPSA) is 113 Å². The number of aliphatic hydroxyl groups excluding tert-OH is 3. The molecule has 11 atom stereocenters. The molecule has 7 nitrogen and oxygen atoms in total. The molecule has 144 valence electrons. The number of esters is 1. The van der Waals surface area contributed by atoms with E-state index in [2.05, 4.69) is 0 Å². The molecule has 0 aromatic rings. The maximum Gasteiger partial charge on any atom is 0.313 e. The fraction of sp³-hybridized carbons (Fsp3) is 0.895. The van der Waals surface area contributed by atoms with Crippen LogP contribution >= 0.6 is 0 Å². The first kappa shape index (κ1) is 17.1. The second kappa shape index (κ2) is 4.69.